The minimum Gasteiger partial charge on any atom is -0.504 e. The molecule has 8 aromatic carbocycles. The van der Waals surface area contributed by atoms with Crippen molar-refractivity contribution in [1.29, 1.82) is 0 Å². The van der Waals surface area contributed by atoms with Gasteiger partial charge in [-0.3, -0.25) is 0 Å². The van der Waals surface area contributed by atoms with Crippen molar-refractivity contribution < 1.29 is 29.9 Å². The molecule has 0 saturated carbocycles. The Morgan fingerprint density at radius 3 is 1.82 bits per heavy atom. The van der Waals surface area contributed by atoms with Crippen LogP contribution in [0.3, 0.4) is 0 Å². The fourth-order valence-corrected chi connectivity index (χ4v) is 9.81. The maximum atomic E-state index is 11.0. The quantitative estimate of drug-likeness (QED) is 0.0841. The van der Waals surface area contributed by atoms with Gasteiger partial charge in [0.2, 0.25) is 17.2 Å². The Labute approximate surface area is 354 Å². The van der Waals surface area contributed by atoms with Crippen LogP contribution in [0.2, 0.25) is 0 Å². The van der Waals surface area contributed by atoms with Gasteiger partial charge in [-0.2, -0.15) is 0 Å². The molecule has 0 amide bonds. The van der Waals surface area contributed by atoms with E-state index in [0.717, 1.165) is 69.6 Å². The van der Waals surface area contributed by atoms with E-state index in [4.69, 9.17) is 14.4 Å². The van der Waals surface area contributed by atoms with Gasteiger partial charge in [0.1, 0.15) is 11.1 Å². The molecule has 0 unspecified atom stereocenters. The lowest BCUT2D eigenvalue weighted by Crippen LogP contribution is -2.01. The largest absolute Gasteiger partial charge is 0.504 e. The van der Waals surface area contributed by atoms with E-state index in [0.29, 0.717) is 22.3 Å². The molecule has 10 nitrogen and oxygen atoms in total. The van der Waals surface area contributed by atoms with Gasteiger partial charge in [0, 0.05) is 58.4 Å². The Hall–Kier alpha value is -8.41. The number of aromatic nitrogens is 4. The normalized spacial score (nSPS) is 11.9. The molecular weight excluding hydrogens is 797 g/mol. The van der Waals surface area contributed by atoms with Gasteiger partial charge >= 0.3 is 0 Å². The number of hydrogen-bond donors (Lipinski definition) is 5. The molecule has 0 aliphatic rings. The highest BCUT2D eigenvalue weighted by Gasteiger charge is 2.28. The van der Waals surface area contributed by atoms with Crippen LogP contribution in [-0.4, -0.2) is 45.1 Å². The van der Waals surface area contributed by atoms with Crippen molar-refractivity contribution in [3.8, 4) is 79.7 Å². The number of fused-ring (bicyclic) bond motifs is 9. The number of phenolic OH excluding ortho intramolecular Hbond substituents is 5. The summed E-state index contributed by atoms with van der Waals surface area (Å²) >= 11 is 1.67. The van der Waals surface area contributed by atoms with Gasteiger partial charge in [-0.05, 0) is 60.2 Å². The van der Waals surface area contributed by atoms with Gasteiger partial charge in [0.05, 0.1) is 16.7 Å². The first-order chi connectivity index (χ1) is 30.3. The third-order valence-corrected chi connectivity index (χ3v) is 12.8. The first-order valence-electron chi connectivity index (χ1n) is 19.7. The van der Waals surface area contributed by atoms with Crippen LogP contribution in [0.4, 0.5) is 0 Å². The zero-order valence-corrected chi connectivity index (χ0v) is 33.1. The highest BCUT2D eigenvalue weighted by atomic mass is 32.1. The average Bonchev–Trinajstić information content (AvgIpc) is 4.00. The van der Waals surface area contributed by atoms with Crippen LogP contribution in [0, 0.1) is 0 Å². The Kier molecular flexibility index (Phi) is 7.62. The van der Waals surface area contributed by atoms with Crippen LogP contribution < -0.4 is 0 Å². The molecule has 0 aliphatic carbocycles. The number of hydrogen-bond acceptors (Lipinski definition) is 10. The van der Waals surface area contributed by atoms with Crippen molar-refractivity contribution in [1.82, 2.24) is 19.5 Å². The molecule has 11 heteroatoms. The summed E-state index contributed by atoms with van der Waals surface area (Å²) in [5, 5.41) is 59.4. The summed E-state index contributed by atoms with van der Waals surface area (Å²) < 4.78 is 11.2. The number of furan rings is 1. The smallest absolute Gasteiger partial charge is 0.208 e. The summed E-state index contributed by atoms with van der Waals surface area (Å²) in [6, 6.07) is 50.8. The van der Waals surface area contributed by atoms with E-state index >= 15 is 0 Å². The maximum absolute atomic E-state index is 11.0. The molecular formula is C51H30N4O6S. The van der Waals surface area contributed by atoms with Gasteiger partial charge in [0.25, 0.3) is 0 Å². The van der Waals surface area contributed by atoms with E-state index in [2.05, 4.69) is 76.3 Å². The van der Waals surface area contributed by atoms with Crippen molar-refractivity contribution in [3.63, 3.8) is 0 Å². The lowest BCUT2D eigenvalue weighted by atomic mass is 10.0. The summed E-state index contributed by atoms with van der Waals surface area (Å²) in [5.74, 6) is -4.85. The number of nitrogens with zero attached hydrogens (tertiary/aromatic N) is 4. The predicted octanol–water partition coefficient (Wildman–Crippen LogP) is 12.4. The zero-order valence-electron chi connectivity index (χ0n) is 32.3. The Morgan fingerprint density at radius 1 is 0.435 bits per heavy atom. The summed E-state index contributed by atoms with van der Waals surface area (Å²) in [6.45, 7) is 0. The van der Waals surface area contributed by atoms with Crippen LogP contribution in [0.1, 0.15) is 0 Å². The van der Waals surface area contributed by atoms with Crippen LogP contribution in [0.25, 0.3) is 115 Å². The van der Waals surface area contributed by atoms with Gasteiger partial charge in [0.15, 0.2) is 34.6 Å². The molecule has 296 valence electrons. The van der Waals surface area contributed by atoms with Gasteiger partial charge in [-0.25, -0.2) is 15.0 Å². The second-order valence-electron chi connectivity index (χ2n) is 15.1. The molecule has 12 aromatic rings. The van der Waals surface area contributed by atoms with Crippen molar-refractivity contribution in [2.75, 3.05) is 0 Å². The zero-order chi connectivity index (χ0) is 41.8. The number of benzene rings is 8. The fourth-order valence-electron chi connectivity index (χ4n) is 8.73. The van der Waals surface area contributed by atoms with Crippen LogP contribution >= 0.6 is 11.3 Å². The number of aromatic hydroxyl groups is 5. The molecule has 0 saturated heterocycles. The van der Waals surface area contributed by atoms with Crippen molar-refractivity contribution in [2.24, 2.45) is 0 Å². The molecule has 12 rings (SSSR count). The molecule has 0 bridgehead atoms. The van der Waals surface area contributed by atoms with Crippen LogP contribution in [-0.2, 0) is 0 Å². The maximum Gasteiger partial charge on any atom is 0.208 e. The molecule has 4 heterocycles. The van der Waals surface area contributed by atoms with Crippen LogP contribution in [0.5, 0.6) is 28.7 Å². The second-order valence-corrected chi connectivity index (χ2v) is 16.2. The monoisotopic (exact) mass is 826 g/mol. The minimum absolute atomic E-state index is 0.174. The Morgan fingerprint density at radius 2 is 1.03 bits per heavy atom. The third-order valence-electron chi connectivity index (χ3n) is 11.6. The summed E-state index contributed by atoms with van der Waals surface area (Å²) in [5.41, 5.74) is 7.18. The Bertz CT molecular complexity index is 3810. The highest BCUT2D eigenvalue weighted by molar-refractivity contribution is 7.25. The minimum atomic E-state index is -1.08. The third kappa shape index (κ3) is 5.18. The molecule has 0 radical (unpaired) electrons. The SMILES string of the molecule is Oc1c(O)c(O)c(-c2nc(-c3ccc4oc5c(-n6c7ccccc7c7cccc(-c8ccccc8)c76)cccc5c4c3)nc(-c3ccc4sc5ccccc5c4c3)n2)c(O)c1O. The van der Waals surface area contributed by atoms with Crippen molar-refractivity contribution >= 4 is 75.3 Å². The first-order valence-corrected chi connectivity index (χ1v) is 20.5. The van der Waals surface area contributed by atoms with E-state index < -0.39 is 34.3 Å². The second kappa shape index (κ2) is 13.3. The highest BCUT2D eigenvalue weighted by Crippen LogP contribution is 2.54. The van der Waals surface area contributed by atoms with E-state index in [1.165, 1.54) is 0 Å². The number of phenols is 5. The van der Waals surface area contributed by atoms with E-state index in [-0.39, 0.29) is 17.5 Å². The molecule has 0 fully saturated rings. The molecule has 0 aliphatic heterocycles. The fraction of sp³-hybridized carbons (Fsp3) is 0. The summed E-state index contributed by atoms with van der Waals surface area (Å²) in [4.78, 5) is 14.3. The van der Waals surface area contributed by atoms with E-state index in [1.54, 1.807) is 11.3 Å². The molecule has 4 aromatic heterocycles. The molecule has 5 N–H and O–H groups in total. The number of rotatable bonds is 5. The lowest BCUT2D eigenvalue weighted by Gasteiger charge is -2.13. The Balaban J connectivity index is 1.08. The number of thiophene rings is 1. The summed E-state index contributed by atoms with van der Waals surface area (Å²) in [6.07, 6.45) is 0. The first kappa shape index (κ1) is 35.5. The molecule has 62 heavy (non-hydrogen) atoms. The van der Waals surface area contributed by atoms with Gasteiger partial charge in [-0.15, -0.1) is 11.3 Å². The number of para-hydroxylation sites is 3. The van der Waals surface area contributed by atoms with Gasteiger partial charge in [-0.1, -0.05) is 97.1 Å². The van der Waals surface area contributed by atoms with E-state index in [9.17, 15) is 25.5 Å². The predicted molar refractivity (Wildman–Crippen MR) is 244 cm³/mol. The standard InChI is InChI=1S/C51H30N4O6S/c56-43-41(44(57)46(59)47(60)45(43)58)51-53-49(52-50(54-51)28-21-23-40-35(25-28)31-13-5-7-19-39(31)62-40)27-20-22-38-34(24-27)33-16-9-18-37(48(33)61-38)55-36-17-6-4-12-30(36)32-15-8-14-29(42(32)55)26-10-2-1-3-11-26/h1-25,56-60H. The van der Waals surface area contributed by atoms with Gasteiger partial charge < -0.3 is 34.5 Å². The summed E-state index contributed by atoms with van der Waals surface area (Å²) in [7, 11) is 0. The lowest BCUT2D eigenvalue weighted by molar-refractivity contribution is 0.329. The van der Waals surface area contributed by atoms with Crippen molar-refractivity contribution in [2.45, 2.75) is 0 Å². The topological polar surface area (TPSA) is 158 Å². The van der Waals surface area contributed by atoms with Crippen molar-refractivity contribution in [3.05, 3.63) is 152 Å². The molecule has 0 spiro atoms. The molecule has 0 atom stereocenters. The van der Waals surface area contributed by atoms with E-state index in [1.807, 2.05) is 84.9 Å². The average molecular weight is 827 g/mol. The van der Waals surface area contributed by atoms with Crippen LogP contribution in [0.15, 0.2) is 156 Å².